The number of hydrogen-bond donors (Lipinski definition) is 2. The van der Waals surface area contributed by atoms with E-state index < -0.39 is 0 Å². The predicted octanol–water partition coefficient (Wildman–Crippen LogP) is -1.04. The molecule has 0 aliphatic heterocycles. The van der Waals surface area contributed by atoms with Crippen molar-refractivity contribution in [3.8, 4) is 0 Å². The van der Waals surface area contributed by atoms with Crippen molar-refractivity contribution in [3.63, 3.8) is 0 Å². The van der Waals surface area contributed by atoms with Gasteiger partial charge in [-0.05, 0) is 0 Å². The molecule has 0 aliphatic carbocycles. The van der Waals surface area contributed by atoms with Crippen LogP contribution in [-0.4, -0.2) is 49.4 Å². The molecule has 16 heavy (non-hydrogen) atoms. The minimum Gasteiger partial charge on any atom is -0.383 e. The van der Waals surface area contributed by atoms with Crippen LogP contribution in [0.5, 0.6) is 0 Å². The quantitative estimate of drug-likeness (QED) is 0.553. The maximum atomic E-state index is 11.2. The summed E-state index contributed by atoms with van der Waals surface area (Å²) in [5.41, 5.74) is 0. The van der Waals surface area contributed by atoms with Crippen molar-refractivity contribution in [3.05, 3.63) is 12.2 Å². The van der Waals surface area contributed by atoms with Crippen LogP contribution in [0.1, 0.15) is 5.89 Å². The van der Waals surface area contributed by atoms with Gasteiger partial charge in [-0.3, -0.25) is 4.79 Å². The lowest BCUT2D eigenvalue weighted by Crippen LogP contribution is -2.36. The number of ether oxygens (including phenoxy) is 1. The fourth-order valence-electron chi connectivity index (χ4n) is 1.06. The van der Waals surface area contributed by atoms with Crippen molar-refractivity contribution in [2.45, 2.75) is 6.42 Å². The highest BCUT2D eigenvalue weighted by Crippen LogP contribution is 1.89. The number of methoxy groups -OCH3 is 1. The molecule has 0 aromatic carbocycles. The van der Waals surface area contributed by atoms with Crippen LogP contribution < -0.4 is 10.6 Å². The van der Waals surface area contributed by atoms with Gasteiger partial charge < -0.3 is 19.9 Å². The van der Waals surface area contributed by atoms with Crippen molar-refractivity contribution in [2.24, 2.45) is 0 Å². The van der Waals surface area contributed by atoms with E-state index in [1.807, 2.05) is 0 Å². The summed E-state index contributed by atoms with van der Waals surface area (Å²) >= 11 is 0. The molecule has 0 spiro atoms. The summed E-state index contributed by atoms with van der Waals surface area (Å²) in [6.45, 7) is 1.95. The lowest BCUT2D eigenvalue weighted by Gasteiger charge is -2.04. The molecule has 0 aliphatic rings. The highest BCUT2D eigenvalue weighted by Gasteiger charge is 2.01. The smallest absolute Gasteiger partial charge is 0.234 e. The second-order valence-electron chi connectivity index (χ2n) is 3.10. The Morgan fingerprint density at radius 2 is 2.44 bits per heavy atom. The van der Waals surface area contributed by atoms with E-state index in [1.165, 1.54) is 6.33 Å². The van der Waals surface area contributed by atoms with Crippen LogP contribution in [-0.2, 0) is 16.0 Å². The number of aromatic nitrogens is 2. The van der Waals surface area contributed by atoms with Gasteiger partial charge in [-0.2, -0.15) is 4.98 Å². The third-order valence-electron chi connectivity index (χ3n) is 1.84. The Balaban J connectivity index is 1.96. The largest absolute Gasteiger partial charge is 0.383 e. The summed E-state index contributed by atoms with van der Waals surface area (Å²) in [7, 11) is 1.59. The molecular formula is C9H16N4O3. The van der Waals surface area contributed by atoms with Crippen LogP contribution in [0.2, 0.25) is 0 Å². The molecule has 1 amide bonds. The molecule has 7 nitrogen and oxygen atoms in total. The van der Waals surface area contributed by atoms with E-state index in [0.717, 1.165) is 0 Å². The summed E-state index contributed by atoms with van der Waals surface area (Å²) in [6, 6.07) is 0. The molecule has 0 unspecified atom stereocenters. The average Bonchev–Trinajstić information content (AvgIpc) is 2.78. The van der Waals surface area contributed by atoms with Crippen molar-refractivity contribution >= 4 is 5.91 Å². The Bertz CT molecular complexity index is 289. The lowest BCUT2D eigenvalue weighted by atomic mass is 10.4. The molecule has 0 bridgehead atoms. The first-order valence-corrected chi connectivity index (χ1v) is 5.05. The topological polar surface area (TPSA) is 89.3 Å². The first-order valence-electron chi connectivity index (χ1n) is 5.05. The molecule has 7 heteroatoms. The van der Waals surface area contributed by atoms with Gasteiger partial charge in [-0.1, -0.05) is 5.16 Å². The van der Waals surface area contributed by atoms with Crippen molar-refractivity contribution in [2.75, 3.05) is 33.4 Å². The molecule has 1 rings (SSSR count). The fourth-order valence-corrected chi connectivity index (χ4v) is 1.06. The van der Waals surface area contributed by atoms with Crippen LogP contribution >= 0.6 is 0 Å². The number of amides is 1. The van der Waals surface area contributed by atoms with E-state index in [-0.39, 0.29) is 12.5 Å². The maximum absolute atomic E-state index is 11.2. The third kappa shape index (κ3) is 5.42. The minimum absolute atomic E-state index is 0.0532. The van der Waals surface area contributed by atoms with Gasteiger partial charge in [0.15, 0.2) is 6.33 Å². The normalized spacial score (nSPS) is 10.3. The van der Waals surface area contributed by atoms with Gasteiger partial charge >= 0.3 is 0 Å². The Kier molecular flexibility index (Phi) is 6.12. The zero-order chi connectivity index (χ0) is 11.6. The van der Waals surface area contributed by atoms with Crippen LogP contribution in [0, 0.1) is 0 Å². The van der Waals surface area contributed by atoms with Gasteiger partial charge in [0.05, 0.1) is 13.2 Å². The first-order chi connectivity index (χ1) is 7.83. The molecule has 90 valence electrons. The number of hydrogen-bond acceptors (Lipinski definition) is 6. The highest BCUT2D eigenvalue weighted by atomic mass is 16.5. The molecule has 0 fully saturated rings. The van der Waals surface area contributed by atoms with Crippen LogP contribution in [0.3, 0.4) is 0 Å². The Morgan fingerprint density at radius 1 is 1.56 bits per heavy atom. The zero-order valence-corrected chi connectivity index (χ0v) is 9.23. The van der Waals surface area contributed by atoms with E-state index in [2.05, 4.69) is 20.8 Å². The third-order valence-corrected chi connectivity index (χ3v) is 1.84. The molecule has 1 aromatic heterocycles. The molecule has 1 aromatic rings. The van der Waals surface area contributed by atoms with Gasteiger partial charge in [0.25, 0.3) is 0 Å². The maximum Gasteiger partial charge on any atom is 0.234 e. The van der Waals surface area contributed by atoms with Crippen LogP contribution in [0.4, 0.5) is 0 Å². The Hall–Kier alpha value is -1.47. The number of nitrogens with one attached hydrogen (secondary N) is 2. The van der Waals surface area contributed by atoms with Crippen molar-refractivity contribution in [1.29, 1.82) is 0 Å². The van der Waals surface area contributed by atoms with E-state index >= 15 is 0 Å². The van der Waals surface area contributed by atoms with Crippen LogP contribution in [0.15, 0.2) is 10.9 Å². The number of carbonyl (C=O) groups is 1. The van der Waals surface area contributed by atoms with E-state index in [9.17, 15) is 4.79 Å². The molecule has 0 saturated carbocycles. The van der Waals surface area contributed by atoms with E-state index in [4.69, 9.17) is 9.26 Å². The zero-order valence-electron chi connectivity index (χ0n) is 9.23. The first kappa shape index (κ1) is 12.6. The predicted molar refractivity (Wildman–Crippen MR) is 55.8 cm³/mol. The van der Waals surface area contributed by atoms with Gasteiger partial charge in [-0.25, -0.2) is 0 Å². The molecule has 0 radical (unpaired) electrons. The summed E-state index contributed by atoms with van der Waals surface area (Å²) in [5, 5.41) is 9.15. The SMILES string of the molecule is COCCNC(=O)CNCCc1ncno1. The number of nitrogens with zero attached hydrogens (tertiary/aromatic N) is 2. The second kappa shape index (κ2) is 7.77. The summed E-state index contributed by atoms with van der Waals surface area (Å²) < 4.78 is 9.61. The minimum atomic E-state index is -0.0532. The summed E-state index contributed by atoms with van der Waals surface area (Å²) in [5.74, 6) is 0.509. The molecule has 0 saturated heterocycles. The average molecular weight is 228 g/mol. The lowest BCUT2D eigenvalue weighted by molar-refractivity contribution is -0.120. The monoisotopic (exact) mass is 228 g/mol. The second-order valence-corrected chi connectivity index (χ2v) is 3.10. The summed E-state index contributed by atoms with van der Waals surface area (Å²) in [4.78, 5) is 15.1. The number of carbonyl (C=O) groups excluding carboxylic acids is 1. The highest BCUT2D eigenvalue weighted by molar-refractivity contribution is 5.77. The van der Waals surface area contributed by atoms with Gasteiger partial charge in [0.1, 0.15) is 0 Å². The molecule has 0 atom stereocenters. The van der Waals surface area contributed by atoms with Crippen molar-refractivity contribution in [1.82, 2.24) is 20.8 Å². The fraction of sp³-hybridized carbons (Fsp3) is 0.667. The Morgan fingerprint density at radius 3 is 3.12 bits per heavy atom. The molecule has 2 N–H and O–H groups in total. The number of rotatable bonds is 8. The van der Waals surface area contributed by atoms with Crippen LogP contribution in [0.25, 0.3) is 0 Å². The van der Waals surface area contributed by atoms with E-state index in [0.29, 0.717) is 32.0 Å². The Labute approximate surface area is 93.5 Å². The van der Waals surface area contributed by atoms with Gasteiger partial charge in [0.2, 0.25) is 11.8 Å². The summed E-state index contributed by atoms with van der Waals surface area (Å²) in [6.07, 6.45) is 1.97. The van der Waals surface area contributed by atoms with Crippen molar-refractivity contribution < 1.29 is 14.1 Å². The standard InChI is InChI=1S/C9H16N4O3/c1-15-5-4-11-8(14)6-10-3-2-9-12-7-13-16-9/h7,10H,2-6H2,1H3,(H,11,14). The molecule has 1 heterocycles. The van der Waals surface area contributed by atoms with Gasteiger partial charge in [0, 0.05) is 26.6 Å². The molecular weight excluding hydrogens is 212 g/mol. The van der Waals surface area contributed by atoms with Gasteiger partial charge in [-0.15, -0.1) is 0 Å². The van der Waals surface area contributed by atoms with E-state index in [1.54, 1.807) is 7.11 Å².